The third kappa shape index (κ3) is 3.75. The van der Waals surface area contributed by atoms with Gasteiger partial charge in [0.1, 0.15) is 17.3 Å². The first-order chi connectivity index (χ1) is 19.6. The van der Waals surface area contributed by atoms with E-state index in [1.807, 2.05) is 91.9 Å². The molecule has 6 nitrogen and oxygen atoms in total. The van der Waals surface area contributed by atoms with E-state index in [2.05, 4.69) is 29.3 Å². The van der Waals surface area contributed by atoms with Crippen LogP contribution in [0.25, 0.3) is 0 Å². The number of ether oxygens (including phenoxy) is 2. The van der Waals surface area contributed by atoms with Crippen LogP contribution in [-0.2, 0) is 16.9 Å². The molecule has 3 heterocycles. The van der Waals surface area contributed by atoms with E-state index in [0.29, 0.717) is 23.6 Å². The number of fused-ring (bicyclic) bond motifs is 6. The quantitative estimate of drug-likeness (QED) is 0.226. The van der Waals surface area contributed by atoms with Crippen molar-refractivity contribution in [1.29, 1.82) is 0 Å². The van der Waals surface area contributed by atoms with Gasteiger partial charge in [-0.3, -0.25) is 0 Å². The minimum Gasteiger partial charge on any atom is -0.467 e. The second-order valence-corrected chi connectivity index (χ2v) is 10.1. The summed E-state index contributed by atoms with van der Waals surface area (Å²) in [4.78, 5) is 15.5. The van der Waals surface area contributed by atoms with E-state index in [-0.39, 0.29) is 5.97 Å². The molecule has 7 rings (SSSR count). The fourth-order valence-electron chi connectivity index (χ4n) is 5.79. The third-order valence-corrected chi connectivity index (χ3v) is 7.77. The fourth-order valence-corrected chi connectivity index (χ4v) is 5.79. The highest BCUT2D eigenvalue weighted by atomic mass is 16.6. The Hall–Kier alpha value is -4.97. The van der Waals surface area contributed by atoms with Crippen molar-refractivity contribution in [2.45, 2.75) is 26.0 Å². The Bertz CT molecular complexity index is 1730. The number of carbonyl (C=O) groups is 1. The van der Waals surface area contributed by atoms with Crippen molar-refractivity contribution in [1.82, 2.24) is 0 Å². The number of nitrogens with zero attached hydrogens (tertiary/aromatic N) is 1. The van der Waals surface area contributed by atoms with Crippen LogP contribution < -0.4 is 15.0 Å². The van der Waals surface area contributed by atoms with E-state index in [1.165, 1.54) is 0 Å². The summed E-state index contributed by atoms with van der Waals surface area (Å²) in [7, 11) is 0. The molecule has 1 spiro atoms. The minimum atomic E-state index is -1.13. The van der Waals surface area contributed by atoms with Crippen LogP contribution in [0.1, 0.15) is 45.3 Å². The second-order valence-electron chi connectivity index (χ2n) is 10.1. The Morgan fingerprint density at radius 2 is 1.62 bits per heavy atom. The van der Waals surface area contributed by atoms with Crippen LogP contribution in [0.3, 0.4) is 0 Å². The molecule has 0 radical (unpaired) electrons. The Kier molecular flexibility index (Phi) is 5.63. The number of para-hydroxylation sites is 1. The molecule has 0 aliphatic carbocycles. The molecular weight excluding hydrogens is 500 g/mol. The summed E-state index contributed by atoms with van der Waals surface area (Å²) in [6.45, 7) is 5.58. The molecule has 1 atom stereocenters. The molecule has 4 aromatic carbocycles. The number of hydrogen-bond acceptors (Lipinski definition) is 6. The van der Waals surface area contributed by atoms with Gasteiger partial charge < -0.3 is 24.1 Å². The molecule has 1 aromatic heterocycles. The molecule has 198 valence electrons. The fraction of sp³-hybridized carbons (Fsp3) is 0.147. The van der Waals surface area contributed by atoms with Crippen molar-refractivity contribution in [3.63, 3.8) is 0 Å². The van der Waals surface area contributed by atoms with Crippen LogP contribution in [0.4, 0.5) is 17.1 Å². The molecule has 0 fully saturated rings. The first-order valence-electron chi connectivity index (χ1n) is 13.5. The SMILES string of the molecule is CCN(Cc1ccco1)c1ccc2c(c1)Oc1cc(C)c(Nc3ccccc3)cc1C21OC(=O)c2ccccc21. The predicted octanol–water partition coefficient (Wildman–Crippen LogP) is 7.93. The molecule has 0 amide bonds. The van der Waals surface area contributed by atoms with E-state index in [9.17, 15) is 4.79 Å². The van der Waals surface area contributed by atoms with Crippen molar-refractivity contribution in [3.05, 3.63) is 137 Å². The zero-order chi connectivity index (χ0) is 27.3. The smallest absolute Gasteiger partial charge is 0.340 e. The van der Waals surface area contributed by atoms with Gasteiger partial charge in [0.2, 0.25) is 0 Å². The third-order valence-electron chi connectivity index (χ3n) is 7.77. The number of furan rings is 1. The van der Waals surface area contributed by atoms with Gasteiger partial charge in [-0.05, 0) is 74.0 Å². The Labute approximate surface area is 232 Å². The van der Waals surface area contributed by atoms with Crippen molar-refractivity contribution < 1.29 is 18.7 Å². The van der Waals surface area contributed by atoms with Gasteiger partial charge in [0.15, 0.2) is 5.60 Å². The Balaban J connectivity index is 1.39. The number of nitrogens with one attached hydrogen (secondary N) is 1. The van der Waals surface area contributed by atoms with Gasteiger partial charge in [0.05, 0.1) is 18.4 Å². The summed E-state index contributed by atoms with van der Waals surface area (Å²) >= 11 is 0. The normalized spacial score (nSPS) is 16.5. The van der Waals surface area contributed by atoms with Crippen molar-refractivity contribution in [3.8, 4) is 11.5 Å². The van der Waals surface area contributed by atoms with E-state index < -0.39 is 5.60 Å². The molecule has 0 saturated heterocycles. The summed E-state index contributed by atoms with van der Waals surface area (Å²) in [5.74, 6) is 1.87. The standard InChI is InChI=1S/C34H28N2O4/c1-3-36(21-25-12-9-17-38-25)24-15-16-28-32(19-24)39-31-18-22(2)30(35-23-10-5-4-6-11-23)20-29(31)34(28)27-14-8-7-13-26(27)33(37)40-34/h4-20,35H,3,21H2,1-2H3. The molecule has 0 saturated carbocycles. The molecule has 40 heavy (non-hydrogen) atoms. The largest absolute Gasteiger partial charge is 0.467 e. The maximum Gasteiger partial charge on any atom is 0.340 e. The predicted molar refractivity (Wildman–Crippen MR) is 155 cm³/mol. The molecule has 1 unspecified atom stereocenters. The molecule has 2 aliphatic heterocycles. The number of rotatable bonds is 6. The zero-order valence-corrected chi connectivity index (χ0v) is 22.3. The lowest BCUT2D eigenvalue weighted by Crippen LogP contribution is -2.33. The second kappa shape index (κ2) is 9.35. The average molecular weight is 529 g/mol. The minimum absolute atomic E-state index is 0.343. The van der Waals surface area contributed by atoms with E-state index in [1.54, 1.807) is 6.26 Å². The molecule has 6 heteroatoms. The molecule has 0 bridgehead atoms. The maximum atomic E-state index is 13.3. The number of esters is 1. The van der Waals surface area contributed by atoms with Crippen LogP contribution in [0, 0.1) is 6.92 Å². The van der Waals surface area contributed by atoms with Crippen molar-refractivity contribution in [2.75, 3.05) is 16.8 Å². The number of aryl methyl sites for hydroxylation is 1. The summed E-state index contributed by atoms with van der Waals surface area (Å²) < 4.78 is 18.6. The van der Waals surface area contributed by atoms with E-state index in [0.717, 1.165) is 51.6 Å². The number of anilines is 3. The first kappa shape index (κ1) is 24.1. The summed E-state index contributed by atoms with van der Waals surface area (Å²) in [6, 6.07) is 31.7. The van der Waals surface area contributed by atoms with Crippen molar-refractivity contribution >= 4 is 23.0 Å². The topological polar surface area (TPSA) is 63.9 Å². The van der Waals surface area contributed by atoms with Crippen LogP contribution in [0.2, 0.25) is 0 Å². The highest BCUT2D eigenvalue weighted by Gasteiger charge is 2.53. The molecule has 2 aliphatic rings. The lowest BCUT2D eigenvalue weighted by Gasteiger charge is -2.37. The van der Waals surface area contributed by atoms with Crippen LogP contribution >= 0.6 is 0 Å². The van der Waals surface area contributed by atoms with Gasteiger partial charge in [0.25, 0.3) is 0 Å². The Morgan fingerprint density at radius 3 is 2.42 bits per heavy atom. The van der Waals surface area contributed by atoms with Gasteiger partial charge >= 0.3 is 5.97 Å². The maximum absolute atomic E-state index is 13.3. The summed E-state index contributed by atoms with van der Waals surface area (Å²) in [6.07, 6.45) is 1.69. The van der Waals surface area contributed by atoms with Gasteiger partial charge in [-0.1, -0.05) is 36.4 Å². The monoisotopic (exact) mass is 528 g/mol. The number of benzene rings is 4. The van der Waals surface area contributed by atoms with Crippen LogP contribution in [0.15, 0.2) is 108 Å². The zero-order valence-electron chi connectivity index (χ0n) is 22.3. The molecular formula is C34H28N2O4. The molecule has 5 aromatic rings. The highest BCUT2D eigenvalue weighted by Crippen LogP contribution is 2.57. The first-order valence-corrected chi connectivity index (χ1v) is 13.5. The summed E-state index contributed by atoms with van der Waals surface area (Å²) in [5, 5.41) is 3.53. The molecule has 1 N–H and O–H groups in total. The van der Waals surface area contributed by atoms with Gasteiger partial charge in [0, 0.05) is 46.4 Å². The van der Waals surface area contributed by atoms with Crippen LogP contribution in [-0.4, -0.2) is 12.5 Å². The average Bonchev–Trinajstić information content (AvgIpc) is 3.60. The van der Waals surface area contributed by atoms with Gasteiger partial charge in [-0.25, -0.2) is 4.79 Å². The lowest BCUT2D eigenvalue weighted by atomic mass is 9.77. The number of carbonyl (C=O) groups excluding carboxylic acids is 1. The van der Waals surface area contributed by atoms with E-state index in [4.69, 9.17) is 13.9 Å². The van der Waals surface area contributed by atoms with Crippen molar-refractivity contribution in [2.24, 2.45) is 0 Å². The number of hydrogen-bond donors (Lipinski definition) is 1. The highest BCUT2D eigenvalue weighted by molar-refractivity contribution is 5.97. The van der Waals surface area contributed by atoms with Gasteiger partial charge in [-0.2, -0.15) is 0 Å². The lowest BCUT2D eigenvalue weighted by molar-refractivity contribution is 0.0224. The van der Waals surface area contributed by atoms with Crippen LogP contribution in [0.5, 0.6) is 11.5 Å². The Morgan fingerprint density at radius 1 is 0.825 bits per heavy atom. The van der Waals surface area contributed by atoms with E-state index >= 15 is 0 Å². The van der Waals surface area contributed by atoms with Gasteiger partial charge in [-0.15, -0.1) is 0 Å². The summed E-state index contributed by atoms with van der Waals surface area (Å²) in [5.41, 5.74) is 5.74.